The van der Waals surface area contributed by atoms with Crippen molar-refractivity contribution in [3.63, 3.8) is 0 Å². The second-order valence-corrected chi connectivity index (χ2v) is 11.1. The first-order valence-electron chi connectivity index (χ1n) is 11.3. The van der Waals surface area contributed by atoms with Crippen LogP contribution in [-0.4, -0.2) is 27.9 Å². The number of hydrogen-bond acceptors (Lipinski definition) is 8. The van der Waals surface area contributed by atoms with E-state index in [-0.39, 0.29) is 18.5 Å². The molecule has 0 unspecified atom stereocenters. The maximum atomic E-state index is 14.0. The highest BCUT2D eigenvalue weighted by Gasteiger charge is 2.59. The fraction of sp³-hybridized carbons (Fsp3) is 0.148. The van der Waals surface area contributed by atoms with Crippen molar-refractivity contribution in [2.75, 3.05) is 16.7 Å². The lowest BCUT2D eigenvalue weighted by Gasteiger charge is -2.38. The first kappa shape index (κ1) is 22.8. The second-order valence-electron chi connectivity index (χ2n) is 8.46. The first-order valence-corrected chi connectivity index (χ1v) is 12.9. The Labute approximate surface area is 216 Å². The molecule has 1 fully saturated rings. The zero-order valence-corrected chi connectivity index (χ0v) is 21.1. The molecule has 7 nitrogen and oxygen atoms in total. The molecule has 1 amide bonds. The summed E-state index contributed by atoms with van der Waals surface area (Å²) in [4.78, 5) is 28.8. The van der Waals surface area contributed by atoms with Crippen molar-refractivity contribution in [3.8, 4) is 11.5 Å². The van der Waals surface area contributed by atoms with E-state index in [2.05, 4.69) is 0 Å². The number of hydrogen-bond donors (Lipinski definition) is 0. The SMILES string of the molecule is CC(=O)C1=NN(c2cccc(C)c2)[C@@]2(S1)S/C(=C\c1ccc3c(c1)OCO3)C(=O)N2c1ccccc1. The summed E-state index contributed by atoms with van der Waals surface area (Å²) in [6.45, 7) is 3.68. The lowest BCUT2D eigenvalue weighted by atomic mass is 10.2. The van der Waals surface area contributed by atoms with Crippen LogP contribution in [0.4, 0.5) is 11.4 Å². The van der Waals surface area contributed by atoms with E-state index < -0.39 is 4.33 Å². The lowest BCUT2D eigenvalue weighted by Crippen LogP contribution is -2.51. The number of fused-ring (bicyclic) bond motifs is 1. The number of ketones is 1. The van der Waals surface area contributed by atoms with Crippen LogP contribution in [0.15, 0.2) is 82.8 Å². The number of hydrazone groups is 1. The standard InChI is InChI=1S/C27H21N3O4S2/c1-17-7-6-10-21(13-17)30-27(36-25(28-30)18(2)31)29(20-8-4-3-5-9-20)26(32)24(35-27)15-19-11-12-22-23(14-19)34-16-33-22/h3-15H,16H2,1-2H3/b24-15-/t27-/m1/s1. The molecule has 0 saturated carbocycles. The molecule has 3 aliphatic heterocycles. The quantitative estimate of drug-likeness (QED) is 0.418. The number of Topliss-reactive ketones (excluding diaryl/α,β-unsaturated/α-hetero) is 1. The Bertz CT molecular complexity index is 1460. The van der Waals surface area contributed by atoms with Crippen molar-refractivity contribution >= 4 is 57.7 Å². The van der Waals surface area contributed by atoms with Crippen LogP contribution in [-0.2, 0) is 9.59 Å². The number of benzene rings is 3. The van der Waals surface area contributed by atoms with Gasteiger partial charge in [-0.2, -0.15) is 5.10 Å². The van der Waals surface area contributed by atoms with Crippen LogP contribution >= 0.6 is 23.5 Å². The fourth-order valence-electron chi connectivity index (χ4n) is 4.24. The molecule has 1 atom stereocenters. The number of carbonyl (C=O) groups is 2. The van der Waals surface area contributed by atoms with Gasteiger partial charge in [0.15, 0.2) is 22.3 Å². The molecule has 36 heavy (non-hydrogen) atoms. The molecular formula is C27H21N3O4S2. The van der Waals surface area contributed by atoms with Crippen LogP contribution in [0.1, 0.15) is 18.1 Å². The summed E-state index contributed by atoms with van der Waals surface area (Å²) < 4.78 is 9.89. The minimum atomic E-state index is -1.05. The van der Waals surface area contributed by atoms with Gasteiger partial charge in [-0.3, -0.25) is 14.5 Å². The molecule has 0 N–H and O–H groups in total. The zero-order chi connectivity index (χ0) is 24.9. The van der Waals surface area contributed by atoms with Crippen LogP contribution < -0.4 is 19.4 Å². The Balaban J connectivity index is 1.50. The van der Waals surface area contributed by atoms with Crippen molar-refractivity contribution in [1.82, 2.24) is 0 Å². The maximum Gasteiger partial charge on any atom is 0.268 e. The Hall–Kier alpha value is -3.69. The van der Waals surface area contributed by atoms with E-state index in [1.807, 2.05) is 85.8 Å². The molecule has 3 aliphatic rings. The smallest absolute Gasteiger partial charge is 0.268 e. The molecule has 0 radical (unpaired) electrons. The maximum absolute atomic E-state index is 14.0. The number of ether oxygens (including phenoxy) is 2. The molecule has 1 spiro atoms. The Morgan fingerprint density at radius 2 is 1.75 bits per heavy atom. The van der Waals surface area contributed by atoms with E-state index in [4.69, 9.17) is 14.6 Å². The van der Waals surface area contributed by atoms with E-state index in [9.17, 15) is 9.59 Å². The molecular weight excluding hydrogens is 494 g/mol. The summed E-state index contributed by atoms with van der Waals surface area (Å²) in [5, 5.41) is 6.86. The number of thioether (sulfide) groups is 2. The molecule has 0 bridgehead atoms. The van der Waals surface area contributed by atoms with Crippen LogP contribution in [0, 0.1) is 6.92 Å². The van der Waals surface area contributed by atoms with Gasteiger partial charge in [0.25, 0.3) is 5.91 Å². The predicted octanol–water partition coefficient (Wildman–Crippen LogP) is 5.61. The molecule has 3 aromatic rings. The van der Waals surface area contributed by atoms with E-state index in [0.717, 1.165) is 16.8 Å². The molecule has 0 aromatic heterocycles. The van der Waals surface area contributed by atoms with Crippen molar-refractivity contribution in [3.05, 3.63) is 88.8 Å². The number of nitrogens with zero attached hydrogens (tertiary/aromatic N) is 3. The summed E-state index contributed by atoms with van der Waals surface area (Å²) >= 11 is 2.66. The average Bonchev–Trinajstić information content (AvgIpc) is 3.56. The van der Waals surface area contributed by atoms with Gasteiger partial charge < -0.3 is 9.47 Å². The highest BCUT2D eigenvalue weighted by molar-refractivity contribution is 8.29. The van der Waals surface area contributed by atoms with Gasteiger partial charge in [-0.25, -0.2) is 5.01 Å². The minimum absolute atomic E-state index is 0.149. The molecule has 3 aromatic carbocycles. The van der Waals surface area contributed by atoms with Gasteiger partial charge in [0.2, 0.25) is 11.1 Å². The molecule has 3 heterocycles. The van der Waals surface area contributed by atoms with Crippen LogP contribution in [0.5, 0.6) is 11.5 Å². The number of rotatable bonds is 4. The second kappa shape index (κ2) is 8.76. The van der Waals surface area contributed by atoms with Gasteiger partial charge in [-0.05, 0) is 72.3 Å². The Morgan fingerprint density at radius 3 is 2.53 bits per heavy atom. The summed E-state index contributed by atoms with van der Waals surface area (Å²) in [5.41, 5.74) is 3.38. The number of amides is 1. The van der Waals surface area contributed by atoms with Gasteiger partial charge >= 0.3 is 0 Å². The normalized spacial score (nSPS) is 21.6. The van der Waals surface area contributed by atoms with Gasteiger partial charge in [-0.1, -0.05) is 48.2 Å². The van der Waals surface area contributed by atoms with Gasteiger partial charge in [0.1, 0.15) is 0 Å². The number of carbonyl (C=O) groups excluding carboxylic acids is 2. The minimum Gasteiger partial charge on any atom is -0.454 e. The number of para-hydroxylation sites is 1. The van der Waals surface area contributed by atoms with Crippen molar-refractivity contribution < 1.29 is 19.1 Å². The average molecular weight is 516 g/mol. The van der Waals surface area contributed by atoms with Crippen molar-refractivity contribution in [2.45, 2.75) is 18.2 Å². The van der Waals surface area contributed by atoms with Gasteiger partial charge in [-0.15, -0.1) is 0 Å². The predicted molar refractivity (Wildman–Crippen MR) is 144 cm³/mol. The Kier molecular flexibility index (Phi) is 5.54. The summed E-state index contributed by atoms with van der Waals surface area (Å²) in [7, 11) is 0. The number of aryl methyl sites for hydroxylation is 1. The third-order valence-electron chi connectivity index (χ3n) is 5.88. The van der Waals surface area contributed by atoms with Crippen LogP contribution in [0.25, 0.3) is 6.08 Å². The monoisotopic (exact) mass is 515 g/mol. The zero-order valence-electron chi connectivity index (χ0n) is 19.5. The van der Waals surface area contributed by atoms with E-state index in [0.29, 0.717) is 27.1 Å². The summed E-state index contributed by atoms with van der Waals surface area (Å²) in [5.74, 6) is 1.01. The van der Waals surface area contributed by atoms with E-state index >= 15 is 0 Å². The third kappa shape index (κ3) is 3.75. The first-order chi connectivity index (χ1) is 17.4. The Morgan fingerprint density at radius 1 is 0.972 bits per heavy atom. The summed E-state index contributed by atoms with van der Waals surface area (Å²) in [6.07, 6.45) is 1.85. The summed E-state index contributed by atoms with van der Waals surface area (Å²) in [6, 6.07) is 23.0. The van der Waals surface area contributed by atoms with Crippen LogP contribution in [0.3, 0.4) is 0 Å². The topological polar surface area (TPSA) is 71.4 Å². The lowest BCUT2D eigenvalue weighted by molar-refractivity contribution is -0.114. The van der Waals surface area contributed by atoms with E-state index in [1.165, 1.54) is 30.4 Å². The van der Waals surface area contributed by atoms with Crippen molar-refractivity contribution in [1.29, 1.82) is 0 Å². The molecule has 6 rings (SSSR count). The highest BCUT2D eigenvalue weighted by Crippen LogP contribution is 2.59. The number of anilines is 2. The van der Waals surface area contributed by atoms with Crippen LogP contribution in [0.2, 0.25) is 0 Å². The van der Waals surface area contributed by atoms with Crippen molar-refractivity contribution in [2.24, 2.45) is 5.10 Å². The highest BCUT2D eigenvalue weighted by atomic mass is 32.2. The molecule has 1 saturated heterocycles. The molecule has 9 heteroatoms. The van der Waals surface area contributed by atoms with Gasteiger partial charge in [0.05, 0.1) is 10.6 Å². The largest absolute Gasteiger partial charge is 0.454 e. The molecule has 0 aliphatic carbocycles. The van der Waals surface area contributed by atoms with Gasteiger partial charge in [0, 0.05) is 12.6 Å². The van der Waals surface area contributed by atoms with E-state index in [1.54, 1.807) is 9.91 Å². The molecule has 180 valence electrons. The fourth-order valence-corrected chi connectivity index (χ4v) is 7.12. The third-order valence-corrected chi connectivity index (χ3v) is 8.70.